The summed E-state index contributed by atoms with van der Waals surface area (Å²) in [4.78, 5) is 90.0. The zero-order valence-corrected chi connectivity index (χ0v) is 30.4. The van der Waals surface area contributed by atoms with Gasteiger partial charge in [-0.1, -0.05) is 36.8 Å². The van der Waals surface area contributed by atoms with Crippen LogP contribution in [0.1, 0.15) is 49.7 Å². The zero-order valence-electron chi connectivity index (χ0n) is 29.5. The summed E-state index contributed by atoms with van der Waals surface area (Å²) in [7, 11) is 0. The topological polar surface area (TPSA) is 282 Å². The predicted molar refractivity (Wildman–Crippen MR) is 200 cm³/mol. The van der Waals surface area contributed by atoms with Crippen molar-refractivity contribution in [3.63, 3.8) is 0 Å². The maximum absolute atomic E-state index is 13.6. The summed E-state index contributed by atoms with van der Waals surface area (Å²) in [5.41, 5.74) is 8.38. The summed E-state index contributed by atoms with van der Waals surface area (Å²) in [6.45, 7) is -0.197. The number of thiol groups is 1. The number of fused-ring (bicyclic) bond motifs is 1. The molecule has 1 aromatic heterocycles. The number of amides is 5. The van der Waals surface area contributed by atoms with E-state index in [1.54, 1.807) is 6.20 Å². The maximum atomic E-state index is 13.6. The normalized spacial score (nSPS) is 13.1. The molecule has 4 atom stereocenters. The number of benzene rings is 2. The first-order valence-corrected chi connectivity index (χ1v) is 18.0. The summed E-state index contributed by atoms with van der Waals surface area (Å²) in [6, 6.07) is 8.51. The van der Waals surface area contributed by atoms with Gasteiger partial charge in [-0.15, -0.1) is 0 Å². The van der Waals surface area contributed by atoms with Crippen molar-refractivity contribution in [2.75, 3.05) is 18.8 Å². The molecule has 2 aromatic carbocycles. The number of rotatable bonds is 23. The fourth-order valence-corrected chi connectivity index (χ4v) is 5.66. The molecule has 18 heteroatoms. The van der Waals surface area contributed by atoms with Gasteiger partial charge in [-0.05, 0) is 55.0 Å². The van der Waals surface area contributed by atoms with Crippen molar-refractivity contribution >= 4 is 65.0 Å². The van der Waals surface area contributed by atoms with E-state index in [-0.39, 0.29) is 43.7 Å². The molecule has 17 nitrogen and oxygen atoms in total. The van der Waals surface area contributed by atoms with Crippen LogP contribution in [0.5, 0.6) is 5.75 Å². The number of carbonyl (C=O) groups excluding carboxylic acids is 5. The Labute approximate surface area is 316 Å². The summed E-state index contributed by atoms with van der Waals surface area (Å²) in [5.74, 6) is -5.68. The molecule has 292 valence electrons. The highest BCUT2D eigenvalue weighted by atomic mass is 32.1. The molecule has 0 fully saturated rings. The molecule has 0 bridgehead atoms. The molecule has 3 rings (SSSR count). The molecule has 1 heterocycles. The van der Waals surface area contributed by atoms with Gasteiger partial charge in [0, 0.05) is 48.7 Å². The van der Waals surface area contributed by atoms with Crippen LogP contribution in [0.2, 0.25) is 0 Å². The summed E-state index contributed by atoms with van der Waals surface area (Å²) in [5, 5.41) is 41.5. The Kier molecular flexibility index (Phi) is 17.3. The molecule has 0 aliphatic carbocycles. The number of hydrogen-bond acceptors (Lipinski definition) is 10. The first-order valence-electron chi connectivity index (χ1n) is 17.4. The SMILES string of the molecule is N[C@@H](Cc1c[nH]c2ccccc12)C(=O)N[C@@H](CCC(=O)O)C(=O)N[C@@H](Cc1ccc(O)cc1)C(=O)NCC(=O)NCCCCCC(=O)N[C@@H](CS)C(=O)O. The van der Waals surface area contributed by atoms with Crippen LogP contribution in [0.4, 0.5) is 0 Å². The molecule has 0 spiro atoms. The van der Waals surface area contributed by atoms with E-state index in [1.165, 1.54) is 24.3 Å². The van der Waals surface area contributed by atoms with E-state index in [1.807, 2.05) is 24.3 Å². The monoisotopic (exact) mass is 769 g/mol. The minimum atomic E-state index is -1.37. The van der Waals surface area contributed by atoms with Crippen molar-refractivity contribution < 1.29 is 48.9 Å². The summed E-state index contributed by atoms with van der Waals surface area (Å²) < 4.78 is 0. The molecule has 0 saturated carbocycles. The molecule has 54 heavy (non-hydrogen) atoms. The number of unbranched alkanes of at least 4 members (excludes halogenated alkanes) is 2. The van der Waals surface area contributed by atoms with E-state index in [0.717, 1.165) is 16.5 Å². The third-order valence-electron chi connectivity index (χ3n) is 8.38. The fourth-order valence-electron chi connectivity index (χ4n) is 5.42. The molecule has 3 aromatic rings. The van der Waals surface area contributed by atoms with Crippen molar-refractivity contribution in [2.45, 2.75) is 75.5 Å². The van der Waals surface area contributed by atoms with E-state index in [9.17, 15) is 43.8 Å². The zero-order chi connectivity index (χ0) is 39.6. The second-order valence-electron chi connectivity index (χ2n) is 12.6. The first-order chi connectivity index (χ1) is 25.8. The van der Waals surface area contributed by atoms with E-state index in [2.05, 4.69) is 44.2 Å². The standard InChI is InChI=1S/C36H47N7O10S/c37-25(17-22-18-39-26-7-4-3-6-24(22)26)33(49)42-27(13-14-32(47)48)35(51)43-28(16-21-9-11-23(44)12-10-21)34(50)40-19-31(46)38-15-5-1-2-8-30(45)41-29(20-54)36(52)53/h3-4,6-7,9-12,18,25,27-29,39,44,54H,1-2,5,8,13-17,19-20,37H2,(H,38,46)(H,40,50)(H,41,45)(H,42,49)(H,43,51)(H,47,48)(H,52,53)/t25-,27-,28-,29-/m0/s1. The smallest absolute Gasteiger partial charge is 0.327 e. The third-order valence-corrected chi connectivity index (χ3v) is 8.75. The average molecular weight is 770 g/mol. The van der Waals surface area contributed by atoms with Crippen molar-refractivity contribution in [3.05, 3.63) is 65.9 Å². The highest BCUT2D eigenvalue weighted by Crippen LogP contribution is 2.19. The molecule has 11 N–H and O–H groups in total. The second-order valence-corrected chi connectivity index (χ2v) is 13.0. The van der Waals surface area contributed by atoms with Crippen LogP contribution in [-0.4, -0.2) is 105 Å². The minimum Gasteiger partial charge on any atom is -0.508 e. The van der Waals surface area contributed by atoms with Crippen molar-refractivity contribution in [1.29, 1.82) is 0 Å². The fraction of sp³-hybridized carbons (Fsp3) is 0.417. The molecule has 5 amide bonds. The van der Waals surface area contributed by atoms with Crippen molar-refractivity contribution in [2.24, 2.45) is 5.73 Å². The number of H-pyrrole nitrogens is 1. The van der Waals surface area contributed by atoms with Gasteiger partial charge < -0.3 is 52.6 Å². The molecule has 0 unspecified atom stereocenters. The van der Waals surface area contributed by atoms with Crippen molar-refractivity contribution in [1.82, 2.24) is 31.6 Å². The third kappa shape index (κ3) is 14.4. The Balaban J connectivity index is 1.57. The Morgan fingerprint density at radius 3 is 2.13 bits per heavy atom. The highest BCUT2D eigenvalue weighted by Gasteiger charge is 2.29. The number of aromatic nitrogens is 1. The van der Waals surface area contributed by atoms with Crippen LogP contribution >= 0.6 is 12.6 Å². The van der Waals surface area contributed by atoms with Gasteiger partial charge in [0.2, 0.25) is 29.5 Å². The van der Waals surface area contributed by atoms with Gasteiger partial charge in [0.05, 0.1) is 12.6 Å². The number of aliphatic carboxylic acids is 2. The van der Waals surface area contributed by atoms with Crippen molar-refractivity contribution in [3.8, 4) is 5.75 Å². The van der Waals surface area contributed by atoms with Gasteiger partial charge in [-0.3, -0.25) is 28.8 Å². The largest absolute Gasteiger partial charge is 0.508 e. The quantitative estimate of drug-likeness (QED) is 0.0455. The number of nitrogens with two attached hydrogens (primary N) is 1. The molecule has 0 saturated heterocycles. The van der Waals surface area contributed by atoms with Gasteiger partial charge in [-0.25, -0.2) is 4.79 Å². The number of aromatic amines is 1. The molecular weight excluding hydrogens is 723 g/mol. The summed E-state index contributed by atoms with van der Waals surface area (Å²) >= 11 is 3.90. The van der Waals surface area contributed by atoms with Crippen LogP contribution < -0.4 is 32.3 Å². The lowest BCUT2D eigenvalue weighted by Crippen LogP contribution is -2.57. The van der Waals surface area contributed by atoms with Crippen LogP contribution in [0.25, 0.3) is 10.9 Å². The maximum Gasteiger partial charge on any atom is 0.327 e. The van der Waals surface area contributed by atoms with E-state index in [4.69, 9.17) is 10.8 Å². The van der Waals surface area contributed by atoms with E-state index >= 15 is 0 Å². The Morgan fingerprint density at radius 1 is 0.741 bits per heavy atom. The Morgan fingerprint density at radius 2 is 1.44 bits per heavy atom. The van der Waals surface area contributed by atoms with Crippen LogP contribution in [0, 0.1) is 0 Å². The van der Waals surface area contributed by atoms with Crippen LogP contribution in [-0.2, 0) is 46.4 Å². The Bertz CT molecular complexity index is 1770. The number of carboxylic acid groups (broad SMARTS) is 2. The van der Waals surface area contributed by atoms with E-state index < -0.39 is 78.6 Å². The number of para-hydroxylation sites is 1. The lowest BCUT2D eigenvalue weighted by molar-refractivity contribution is -0.141. The number of phenols is 1. The highest BCUT2D eigenvalue weighted by molar-refractivity contribution is 7.80. The number of nitrogens with one attached hydrogen (secondary N) is 6. The van der Waals surface area contributed by atoms with Gasteiger partial charge in [-0.2, -0.15) is 12.6 Å². The Hall–Kier alpha value is -5.62. The average Bonchev–Trinajstić information content (AvgIpc) is 3.55. The second kappa shape index (κ2) is 21.8. The molecule has 0 radical (unpaired) electrons. The number of phenolic OH excluding ortho intramolecular Hbond substituents is 1. The molecular formula is C36H47N7O10S. The van der Waals surface area contributed by atoms with Gasteiger partial charge in [0.1, 0.15) is 23.9 Å². The number of carbonyl (C=O) groups is 7. The minimum absolute atomic E-state index is 0.0236. The van der Waals surface area contributed by atoms with Crippen LogP contribution in [0.15, 0.2) is 54.7 Å². The van der Waals surface area contributed by atoms with Gasteiger partial charge in [0.25, 0.3) is 0 Å². The predicted octanol–water partition coefficient (Wildman–Crippen LogP) is 0.112. The first kappa shape index (κ1) is 42.8. The molecule has 0 aliphatic heterocycles. The van der Waals surface area contributed by atoms with E-state index in [0.29, 0.717) is 24.8 Å². The van der Waals surface area contributed by atoms with Crippen LogP contribution in [0.3, 0.4) is 0 Å². The molecule has 0 aliphatic rings. The van der Waals surface area contributed by atoms with Gasteiger partial charge >= 0.3 is 11.9 Å². The number of aromatic hydroxyl groups is 1. The number of carboxylic acids is 2. The lowest BCUT2D eigenvalue weighted by Gasteiger charge is -2.24. The number of hydrogen-bond donors (Lipinski definition) is 11. The summed E-state index contributed by atoms with van der Waals surface area (Å²) in [6.07, 6.45) is 2.64. The van der Waals surface area contributed by atoms with Gasteiger partial charge in [0.15, 0.2) is 0 Å². The lowest BCUT2D eigenvalue weighted by atomic mass is 10.0.